The lowest BCUT2D eigenvalue weighted by atomic mass is 10.0. The van der Waals surface area contributed by atoms with Gasteiger partial charge in [-0.2, -0.15) is 0 Å². The molecular formula is C14H27N3O3. The topological polar surface area (TPSA) is 69.7 Å². The number of amides is 3. The Hall–Kier alpha value is -1.59. The molecule has 0 aliphatic rings. The summed E-state index contributed by atoms with van der Waals surface area (Å²) in [6.45, 7) is 8.30. The van der Waals surface area contributed by atoms with E-state index < -0.39 is 23.6 Å². The second-order valence-corrected chi connectivity index (χ2v) is 5.21. The van der Waals surface area contributed by atoms with E-state index in [1.807, 2.05) is 6.92 Å². The van der Waals surface area contributed by atoms with Gasteiger partial charge in [0.1, 0.15) is 0 Å². The van der Waals surface area contributed by atoms with Gasteiger partial charge in [0.2, 0.25) is 17.7 Å². The summed E-state index contributed by atoms with van der Waals surface area (Å²) < 4.78 is 0. The van der Waals surface area contributed by atoms with Gasteiger partial charge in [-0.1, -0.05) is 6.92 Å². The molecule has 6 heteroatoms. The van der Waals surface area contributed by atoms with E-state index in [9.17, 15) is 14.4 Å². The number of hydrogen-bond donors (Lipinski definition) is 1. The molecular weight excluding hydrogens is 258 g/mol. The normalized spacial score (nSPS) is 11.9. The van der Waals surface area contributed by atoms with Crippen LogP contribution in [-0.2, 0) is 14.4 Å². The molecule has 1 atom stereocenters. The summed E-state index contributed by atoms with van der Waals surface area (Å²) >= 11 is 0. The molecule has 0 saturated heterocycles. The molecule has 0 rings (SSSR count). The summed E-state index contributed by atoms with van der Waals surface area (Å²) in [5, 5.41) is 2.65. The summed E-state index contributed by atoms with van der Waals surface area (Å²) in [5.74, 6) is -2.73. The van der Waals surface area contributed by atoms with Crippen LogP contribution < -0.4 is 5.32 Å². The monoisotopic (exact) mass is 285 g/mol. The summed E-state index contributed by atoms with van der Waals surface area (Å²) in [7, 11) is 3.20. The maximum absolute atomic E-state index is 12.3. The molecule has 0 fully saturated rings. The van der Waals surface area contributed by atoms with Crippen LogP contribution in [0, 0.1) is 5.92 Å². The molecule has 0 aliphatic carbocycles. The average molecular weight is 285 g/mol. The molecule has 20 heavy (non-hydrogen) atoms. The van der Waals surface area contributed by atoms with Gasteiger partial charge in [-0.05, 0) is 27.2 Å². The minimum absolute atomic E-state index is 0.117. The highest BCUT2D eigenvalue weighted by atomic mass is 16.2. The third-order valence-electron chi connectivity index (χ3n) is 2.97. The minimum atomic E-state index is -1.29. The lowest BCUT2D eigenvalue weighted by Gasteiger charge is -2.26. The van der Waals surface area contributed by atoms with Crippen molar-refractivity contribution in [2.24, 2.45) is 5.92 Å². The number of rotatable bonds is 7. The van der Waals surface area contributed by atoms with E-state index in [4.69, 9.17) is 0 Å². The van der Waals surface area contributed by atoms with Crippen LogP contribution in [0.1, 0.15) is 34.1 Å². The highest BCUT2D eigenvalue weighted by Crippen LogP contribution is 2.08. The first-order valence-corrected chi connectivity index (χ1v) is 7.06. The highest BCUT2D eigenvalue weighted by Gasteiger charge is 2.37. The van der Waals surface area contributed by atoms with Crippen LogP contribution in [0.15, 0.2) is 0 Å². The highest BCUT2D eigenvalue weighted by molar-refractivity contribution is 6.17. The van der Waals surface area contributed by atoms with Gasteiger partial charge >= 0.3 is 0 Å². The number of nitrogens with one attached hydrogen (secondary N) is 1. The van der Waals surface area contributed by atoms with Gasteiger partial charge in [-0.15, -0.1) is 0 Å². The summed E-state index contributed by atoms with van der Waals surface area (Å²) in [5.41, 5.74) is 0. The predicted octanol–water partition coefficient (Wildman–Crippen LogP) is 0.474. The van der Waals surface area contributed by atoms with Crippen molar-refractivity contribution in [3.05, 3.63) is 0 Å². The first-order valence-electron chi connectivity index (χ1n) is 7.06. The zero-order valence-corrected chi connectivity index (χ0v) is 13.4. The Labute approximate surface area is 121 Å². The molecule has 0 spiro atoms. The molecule has 0 aromatic carbocycles. The molecule has 1 unspecified atom stereocenters. The Morgan fingerprint density at radius 2 is 1.50 bits per heavy atom. The van der Waals surface area contributed by atoms with E-state index in [1.165, 1.54) is 9.80 Å². The van der Waals surface area contributed by atoms with Gasteiger partial charge in [0.25, 0.3) is 0 Å². The fourth-order valence-corrected chi connectivity index (χ4v) is 1.74. The second-order valence-electron chi connectivity index (χ2n) is 5.21. The SMILES string of the molecule is CCCN(C)C(=O)C(C(=O)NC(C)C)C(=O)N(C)CC. The van der Waals surface area contributed by atoms with E-state index in [0.717, 1.165) is 6.42 Å². The molecule has 0 aromatic rings. The third-order valence-corrected chi connectivity index (χ3v) is 2.97. The fraction of sp³-hybridized carbons (Fsp3) is 0.786. The number of nitrogens with zero attached hydrogens (tertiary/aromatic N) is 2. The Morgan fingerprint density at radius 1 is 1.00 bits per heavy atom. The number of carbonyl (C=O) groups is 3. The second kappa shape index (κ2) is 8.55. The molecule has 116 valence electrons. The molecule has 0 bridgehead atoms. The lowest BCUT2D eigenvalue weighted by Crippen LogP contribution is -2.51. The standard InChI is InChI=1S/C14H27N3O3/c1-7-9-17(6)14(20)11(12(18)15-10(3)4)13(19)16(5)8-2/h10-11H,7-9H2,1-6H3,(H,15,18). The quantitative estimate of drug-likeness (QED) is 0.691. The molecule has 0 saturated carbocycles. The summed E-state index contributed by atoms with van der Waals surface area (Å²) in [4.78, 5) is 39.6. The number of hydrogen-bond acceptors (Lipinski definition) is 3. The van der Waals surface area contributed by atoms with E-state index >= 15 is 0 Å². The zero-order valence-electron chi connectivity index (χ0n) is 13.4. The zero-order chi connectivity index (χ0) is 15.9. The van der Waals surface area contributed by atoms with Crippen LogP contribution in [0.3, 0.4) is 0 Å². The Bertz CT molecular complexity index is 356. The molecule has 0 aromatic heterocycles. The molecule has 0 aliphatic heterocycles. The van der Waals surface area contributed by atoms with Crippen molar-refractivity contribution in [1.82, 2.24) is 15.1 Å². The molecule has 3 amide bonds. The van der Waals surface area contributed by atoms with Gasteiger partial charge in [-0.25, -0.2) is 0 Å². The lowest BCUT2D eigenvalue weighted by molar-refractivity contribution is -0.151. The van der Waals surface area contributed by atoms with Gasteiger partial charge in [0.15, 0.2) is 5.92 Å². The third kappa shape index (κ3) is 5.19. The predicted molar refractivity (Wildman–Crippen MR) is 78.0 cm³/mol. The van der Waals surface area contributed by atoms with Crippen LogP contribution in [0.25, 0.3) is 0 Å². The summed E-state index contributed by atoms with van der Waals surface area (Å²) in [6.07, 6.45) is 0.776. The van der Waals surface area contributed by atoms with Crippen LogP contribution in [0.5, 0.6) is 0 Å². The largest absolute Gasteiger partial charge is 0.353 e. The molecule has 1 N–H and O–H groups in total. The van der Waals surface area contributed by atoms with Crippen molar-refractivity contribution in [3.63, 3.8) is 0 Å². The first kappa shape index (κ1) is 18.4. The van der Waals surface area contributed by atoms with Crippen molar-refractivity contribution >= 4 is 17.7 Å². The van der Waals surface area contributed by atoms with Crippen molar-refractivity contribution in [1.29, 1.82) is 0 Å². The van der Waals surface area contributed by atoms with Crippen LogP contribution >= 0.6 is 0 Å². The van der Waals surface area contributed by atoms with Gasteiger partial charge in [-0.3, -0.25) is 14.4 Å². The fourth-order valence-electron chi connectivity index (χ4n) is 1.74. The Morgan fingerprint density at radius 3 is 1.90 bits per heavy atom. The first-order chi connectivity index (χ1) is 9.26. The molecule has 6 nitrogen and oxygen atoms in total. The van der Waals surface area contributed by atoms with E-state index in [-0.39, 0.29) is 6.04 Å². The van der Waals surface area contributed by atoms with Crippen LogP contribution in [0.2, 0.25) is 0 Å². The van der Waals surface area contributed by atoms with E-state index in [1.54, 1.807) is 34.9 Å². The Balaban J connectivity index is 5.20. The smallest absolute Gasteiger partial charge is 0.244 e. The van der Waals surface area contributed by atoms with Gasteiger partial charge in [0.05, 0.1) is 0 Å². The average Bonchev–Trinajstić information content (AvgIpc) is 2.36. The molecule has 0 radical (unpaired) electrons. The maximum atomic E-state index is 12.3. The van der Waals surface area contributed by atoms with Crippen LogP contribution in [-0.4, -0.2) is 60.7 Å². The number of carbonyl (C=O) groups excluding carboxylic acids is 3. The minimum Gasteiger partial charge on any atom is -0.353 e. The van der Waals surface area contributed by atoms with Crippen molar-refractivity contribution in [2.75, 3.05) is 27.2 Å². The van der Waals surface area contributed by atoms with Crippen molar-refractivity contribution < 1.29 is 14.4 Å². The van der Waals surface area contributed by atoms with Crippen molar-refractivity contribution in [3.8, 4) is 0 Å². The van der Waals surface area contributed by atoms with Gasteiger partial charge < -0.3 is 15.1 Å². The Kier molecular flexibility index (Phi) is 7.87. The van der Waals surface area contributed by atoms with Crippen LogP contribution in [0.4, 0.5) is 0 Å². The van der Waals surface area contributed by atoms with E-state index in [0.29, 0.717) is 13.1 Å². The maximum Gasteiger partial charge on any atom is 0.244 e. The van der Waals surface area contributed by atoms with E-state index in [2.05, 4.69) is 5.32 Å². The van der Waals surface area contributed by atoms with Gasteiger partial charge in [0, 0.05) is 33.2 Å². The summed E-state index contributed by atoms with van der Waals surface area (Å²) in [6, 6.07) is -0.117. The molecule has 0 heterocycles. The van der Waals surface area contributed by atoms with Crippen molar-refractivity contribution in [2.45, 2.75) is 40.2 Å².